The van der Waals surface area contributed by atoms with Crippen LogP contribution in [0.2, 0.25) is 0 Å². The van der Waals surface area contributed by atoms with E-state index in [0.717, 1.165) is 16.9 Å². The maximum atomic E-state index is 12.6. The normalized spacial score (nSPS) is 10.9. The molecule has 0 N–H and O–H groups in total. The second kappa shape index (κ2) is 7.99. The Bertz CT molecular complexity index is 906. The lowest BCUT2D eigenvalue weighted by molar-refractivity contribution is -0.0498. The maximum Gasteiger partial charge on any atom is 0.387 e. The van der Waals surface area contributed by atoms with Crippen molar-refractivity contribution in [1.29, 1.82) is 0 Å². The van der Waals surface area contributed by atoms with Crippen molar-refractivity contribution >= 4 is 5.91 Å². The van der Waals surface area contributed by atoms with Gasteiger partial charge in [-0.2, -0.15) is 13.9 Å². The number of alkyl halides is 2. The molecule has 1 amide bonds. The largest absolute Gasteiger partial charge is 0.435 e. The molecule has 1 aromatic heterocycles. The lowest BCUT2D eigenvalue weighted by Gasteiger charge is -2.18. The number of halogens is 2. The van der Waals surface area contributed by atoms with Gasteiger partial charge in [-0.1, -0.05) is 12.1 Å². The Labute approximate surface area is 155 Å². The van der Waals surface area contributed by atoms with Gasteiger partial charge in [0.1, 0.15) is 5.75 Å². The zero-order valence-electron chi connectivity index (χ0n) is 15.0. The number of aryl methyl sites for hydroxylation is 1. The molecule has 0 radical (unpaired) electrons. The van der Waals surface area contributed by atoms with Crippen molar-refractivity contribution in [2.24, 2.45) is 0 Å². The van der Waals surface area contributed by atoms with Gasteiger partial charge < -0.3 is 9.64 Å². The molecular formula is C20H19F2N3O2. The summed E-state index contributed by atoms with van der Waals surface area (Å²) in [5, 5.41) is 4.24. The van der Waals surface area contributed by atoms with Crippen LogP contribution in [0.4, 0.5) is 8.78 Å². The van der Waals surface area contributed by atoms with Crippen LogP contribution in [0.1, 0.15) is 21.6 Å². The highest BCUT2D eigenvalue weighted by atomic mass is 19.3. The summed E-state index contributed by atoms with van der Waals surface area (Å²) in [5.41, 5.74) is 3.26. The maximum absolute atomic E-state index is 12.6. The fourth-order valence-corrected chi connectivity index (χ4v) is 2.73. The first-order chi connectivity index (χ1) is 12.9. The molecule has 0 spiro atoms. The first-order valence-corrected chi connectivity index (χ1v) is 8.34. The zero-order chi connectivity index (χ0) is 19.4. The van der Waals surface area contributed by atoms with E-state index in [-0.39, 0.29) is 11.7 Å². The fraction of sp³-hybridized carbons (Fsp3) is 0.200. The van der Waals surface area contributed by atoms with Gasteiger partial charge in [-0.15, -0.1) is 0 Å². The molecule has 0 saturated heterocycles. The highest BCUT2D eigenvalue weighted by Gasteiger charge is 2.13. The van der Waals surface area contributed by atoms with Crippen LogP contribution in [0.25, 0.3) is 5.69 Å². The summed E-state index contributed by atoms with van der Waals surface area (Å²) < 4.78 is 30.5. The number of nitrogens with zero attached hydrogens (tertiary/aromatic N) is 3. The molecule has 3 rings (SSSR count). The Hall–Kier alpha value is -3.22. The van der Waals surface area contributed by atoms with E-state index in [2.05, 4.69) is 9.84 Å². The van der Waals surface area contributed by atoms with Crippen molar-refractivity contribution in [3.63, 3.8) is 0 Å². The van der Waals surface area contributed by atoms with E-state index in [9.17, 15) is 13.6 Å². The second-order valence-electron chi connectivity index (χ2n) is 6.11. The summed E-state index contributed by atoms with van der Waals surface area (Å²) in [6.07, 6.45) is 1.72. The van der Waals surface area contributed by atoms with Crippen molar-refractivity contribution < 1.29 is 18.3 Å². The Kier molecular flexibility index (Phi) is 5.49. The predicted octanol–water partition coefficient (Wildman–Crippen LogP) is 4.05. The topological polar surface area (TPSA) is 47.4 Å². The van der Waals surface area contributed by atoms with E-state index in [4.69, 9.17) is 0 Å². The van der Waals surface area contributed by atoms with Crippen molar-refractivity contribution in [2.45, 2.75) is 20.1 Å². The molecule has 0 unspecified atom stereocenters. The number of hydrogen-bond donors (Lipinski definition) is 0. The number of rotatable bonds is 6. The van der Waals surface area contributed by atoms with E-state index < -0.39 is 6.61 Å². The Morgan fingerprint density at radius 3 is 2.33 bits per heavy atom. The molecular weight excluding hydrogens is 352 g/mol. The number of amides is 1. The van der Waals surface area contributed by atoms with Crippen LogP contribution in [-0.2, 0) is 6.54 Å². The molecule has 0 saturated carbocycles. The van der Waals surface area contributed by atoms with E-state index >= 15 is 0 Å². The first-order valence-electron chi connectivity index (χ1n) is 8.34. The fourth-order valence-electron chi connectivity index (χ4n) is 2.73. The van der Waals surface area contributed by atoms with Crippen LogP contribution in [0.15, 0.2) is 60.8 Å². The van der Waals surface area contributed by atoms with Gasteiger partial charge >= 0.3 is 6.61 Å². The first kappa shape index (κ1) is 18.6. The van der Waals surface area contributed by atoms with Crippen LogP contribution in [-0.4, -0.2) is 34.2 Å². The van der Waals surface area contributed by atoms with Gasteiger partial charge in [0.05, 0.1) is 5.69 Å². The molecule has 1 heterocycles. The standard InChI is InChI=1S/C20H19F2N3O2/c1-14-11-12-23-25(14)17-7-5-16(6-8-17)19(26)24(2)13-15-3-9-18(10-4-15)27-20(21)22/h3-12,20H,13H2,1-2H3. The molecule has 0 aliphatic rings. The summed E-state index contributed by atoms with van der Waals surface area (Å²) in [6, 6.07) is 15.3. The van der Waals surface area contributed by atoms with E-state index in [0.29, 0.717) is 12.1 Å². The second-order valence-corrected chi connectivity index (χ2v) is 6.11. The number of aromatic nitrogens is 2. The summed E-state index contributed by atoms with van der Waals surface area (Å²) in [4.78, 5) is 14.2. The van der Waals surface area contributed by atoms with Crippen molar-refractivity contribution in [3.8, 4) is 11.4 Å². The monoisotopic (exact) mass is 371 g/mol. The minimum absolute atomic E-state index is 0.0900. The Morgan fingerprint density at radius 2 is 1.78 bits per heavy atom. The van der Waals surface area contributed by atoms with Gasteiger partial charge in [0.2, 0.25) is 0 Å². The van der Waals surface area contributed by atoms with E-state index in [1.54, 1.807) is 47.1 Å². The summed E-state index contributed by atoms with van der Waals surface area (Å²) in [5.74, 6) is -0.0427. The molecule has 0 aliphatic heterocycles. The average molecular weight is 371 g/mol. The van der Waals surface area contributed by atoms with Crippen LogP contribution in [0.3, 0.4) is 0 Å². The predicted molar refractivity (Wildman–Crippen MR) is 97.2 cm³/mol. The van der Waals surface area contributed by atoms with Gasteiger partial charge in [-0.3, -0.25) is 4.79 Å². The van der Waals surface area contributed by atoms with Crippen LogP contribution >= 0.6 is 0 Å². The smallest absolute Gasteiger partial charge is 0.387 e. The molecule has 140 valence electrons. The van der Waals surface area contributed by atoms with Crippen LogP contribution in [0.5, 0.6) is 5.75 Å². The number of benzene rings is 2. The average Bonchev–Trinajstić information content (AvgIpc) is 3.08. The van der Waals surface area contributed by atoms with Gasteiger partial charge in [-0.25, -0.2) is 4.68 Å². The number of hydrogen-bond acceptors (Lipinski definition) is 3. The SMILES string of the molecule is Cc1ccnn1-c1ccc(C(=O)N(C)Cc2ccc(OC(F)F)cc2)cc1. The molecule has 0 bridgehead atoms. The van der Waals surface area contributed by atoms with Gasteiger partial charge in [0.25, 0.3) is 5.91 Å². The van der Waals surface area contributed by atoms with Gasteiger partial charge in [0.15, 0.2) is 0 Å². The molecule has 2 aromatic carbocycles. The molecule has 7 heteroatoms. The van der Waals surface area contributed by atoms with Crippen molar-refractivity contribution in [1.82, 2.24) is 14.7 Å². The van der Waals surface area contributed by atoms with Gasteiger partial charge in [0, 0.05) is 31.0 Å². The van der Waals surface area contributed by atoms with E-state index in [1.807, 2.05) is 25.1 Å². The third kappa shape index (κ3) is 4.49. The zero-order valence-corrected chi connectivity index (χ0v) is 15.0. The van der Waals surface area contributed by atoms with Crippen LogP contribution in [0, 0.1) is 6.92 Å². The summed E-state index contributed by atoms with van der Waals surface area (Å²) in [7, 11) is 1.69. The Balaban J connectivity index is 1.65. The van der Waals surface area contributed by atoms with E-state index in [1.165, 1.54) is 12.1 Å². The third-order valence-electron chi connectivity index (χ3n) is 4.11. The summed E-state index contributed by atoms with van der Waals surface area (Å²) in [6.45, 7) is -0.542. The molecule has 5 nitrogen and oxygen atoms in total. The molecule has 0 aliphatic carbocycles. The van der Waals surface area contributed by atoms with Crippen molar-refractivity contribution in [3.05, 3.63) is 77.6 Å². The van der Waals surface area contributed by atoms with Crippen molar-refractivity contribution in [2.75, 3.05) is 7.05 Å². The minimum Gasteiger partial charge on any atom is -0.435 e. The molecule has 0 atom stereocenters. The minimum atomic E-state index is -2.85. The highest BCUT2D eigenvalue weighted by Crippen LogP contribution is 2.17. The Morgan fingerprint density at radius 1 is 1.11 bits per heavy atom. The lowest BCUT2D eigenvalue weighted by atomic mass is 10.1. The molecule has 0 fully saturated rings. The third-order valence-corrected chi connectivity index (χ3v) is 4.11. The summed E-state index contributed by atoms with van der Waals surface area (Å²) >= 11 is 0. The molecule has 27 heavy (non-hydrogen) atoms. The molecule has 3 aromatic rings. The lowest BCUT2D eigenvalue weighted by Crippen LogP contribution is -2.26. The quantitative estimate of drug-likeness (QED) is 0.657. The van der Waals surface area contributed by atoms with Gasteiger partial charge in [-0.05, 0) is 55.0 Å². The highest BCUT2D eigenvalue weighted by molar-refractivity contribution is 5.94. The van der Waals surface area contributed by atoms with Crippen LogP contribution < -0.4 is 4.74 Å². The number of carbonyl (C=O) groups excluding carboxylic acids is 1. The number of ether oxygens (including phenoxy) is 1. The number of carbonyl (C=O) groups is 1.